The number of rotatable bonds is 5. The Hall–Kier alpha value is -1.44. The first-order valence-electron chi connectivity index (χ1n) is 5.89. The van der Waals surface area contributed by atoms with Crippen molar-refractivity contribution >= 4 is 31.8 Å². The maximum atomic E-state index is 12.1. The first kappa shape index (κ1) is 15.0. The molecule has 0 saturated heterocycles. The van der Waals surface area contributed by atoms with E-state index in [-0.39, 0.29) is 11.4 Å². The van der Waals surface area contributed by atoms with Crippen LogP contribution in [0.25, 0.3) is 0 Å². The zero-order chi connectivity index (χ0) is 14.6. The summed E-state index contributed by atoms with van der Waals surface area (Å²) in [7, 11) is -1.83. The zero-order valence-electron chi connectivity index (χ0n) is 10.8. The monoisotopic (exact) mass is 355 g/mol. The number of aromatic nitrogens is 1. The molecular formula is C13H14BrN3O2S. The molecule has 106 valence electrons. The summed E-state index contributed by atoms with van der Waals surface area (Å²) in [6, 6.07) is 10.6. The Morgan fingerprint density at radius 2 is 2.05 bits per heavy atom. The Kier molecular flexibility index (Phi) is 4.74. The predicted molar refractivity (Wildman–Crippen MR) is 82.0 cm³/mol. The number of pyridine rings is 1. The van der Waals surface area contributed by atoms with Gasteiger partial charge in [-0.1, -0.05) is 28.1 Å². The number of halogens is 1. The van der Waals surface area contributed by atoms with Crippen molar-refractivity contribution in [3.05, 3.63) is 52.6 Å². The van der Waals surface area contributed by atoms with E-state index in [0.29, 0.717) is 5.82 Å². The lowest BCUT2D eigenvalue weighted by Crippen LogP contribution is -2.23. The number of nitrogens with zero attached hydrogens (tertiary/aromatic N) is 1. The summed E-state index contributed by atoms with van der Waals surface area (Å²) in [5.41, 5.74) is 0.878. The molecule has 0 atom stereocenters. The molecule has 0 radical (unpaired) electrons. The summed E-state index contributed by atoms with van der Waals surface area (Å²) < 4.78 is 27.7. The van der Waals surface area contributed by atoms with E-state index in [1.54, 1.807) is 13.1 Å². The average Bonchev–Trinajstić information content (AvgIpc) is 2.45. The van der Waals surface area contributed by atoms with Gasteiger partial charge < -0.3 is 5.32 Å². The number of hydrogen-bond donors (Lipinski definition) is 2. The first-order chi connectivity index (χ1) is 9.51. The van der Waals surface area contributed by atoms with Crippen molar-refractivity contribution in [1.29, 1.82) is 0 Å². The Balaban J connectivity index is 2.10. The normalized spacial score (nSPS) is 11.3. The minimum absolute atomic E-state index is 0.145. The quantitative estimate of drug-likeness (QED) is 0.863. The van der Waals surface area contributed by atoms with Gasteiger partial charge in [-0.15, -0.1) is 0 Å². The van der Waals surface area contributed by atoms with E-state index in [2.05, 4.69) is 31.0 Å². The van der Waals surface area contributed by atoms with Crippen molar-refractivity contribution in [1.82, 2.24) is 9.71 Å². The lowest BCUT2D eigenvalue weighted by molar-refractivity contribution is 0.581. The summed E-state index contributed by atoms with van der Waals surface area (Å²) >= 11 is 3.35. The van der Waals surface area contributed by atoms with Gasteiger partial charge in [0.2, 0.25) is 10.0 Å². The van der Waals surface area contributed by atoms with Crippen LogP contribution in [0.3, 0.4) is 0 Å². The molecule has 20 heavy (non-hydrogen) atoms. The van der Waals surface area contributed by atoms with E-state index in [4.69, 9.17) is 0 Å². The van der Waals surface area contributed by atoms with Gasteiger partial charge in [-0.2, -0.15) is 0 Å². The molecule has 1 heterocycles. The molecule has 0 spiro atoms. The molecule has 0 saturated carbocycles. The molecule has 2 rings (SSSR count). The van der Waals surface area contributed by atoms with Crippen molar-refractivity contribution < 1.29 is 8.42 Å². The third-order valence-electron chi connectivity index (χ3n) is 2.66. The number of nitrogens with one attached hydrogen (secondary N) is 2. The Morgan fingerprint density at radius 3 is 2.65 bits per heavy atom. The predicted octanol–water partition coefficient (Wildman–Crippen LogP) is 2.36. The lowest BCUT2D eigenvalue weighted by Gasteiger charge is -2.07. The van der Waals surface area contributed by atoms with Gasteiger partial charge in [-0.25, -0.2) is 18.1 Å². The van der Waals surface area contributed by atoms with E-state index in [9.17, 15) is 8.42 Å². The SMILES string of the molecule is CNc1ccc(S(=O)(=O)NCc2cccc(Br)c2)cn1. The van der Waals surface area contributed by atoms with Gasteiger partial charge in [-0.3, -0.25) is 0 Å². The van der Waals surface area contributed by atoms with Gasteiger partial charge in [0.15, 0.2) is 0 Å². The molecule has 7 heteroatoms. The van der Waals surface area contributed by atoms with Crippen LogP contribution < -0.4 is 10.0 Å². The van der Waals surface area contributed by atoms with E-state index in [1.807, 2.05) is 24.3 Å². The second-order valence-electron chi connectivity index (χ2n) is 4.08. The number of anilines is 1. The van der Waals surface area contributed by atoms with Crippen molar-refractivity contribution in [3.8, 4) is 0 Å². The molecule has 5 nitrogen and oxygen atoms in total. The van der Waals surface area contributed by atoms with Crippen LogP contribution in [-0.4, -0.2) is 20.4 Å². The highest BCUT2D eigenvalue weighted by molar-refractivity contribution is 9.10. The van der Waals surface area contributed by atoms with E-state index in [0.717, 1.165) is 10.0 Å². The standard InChI is InChI=1S/C13H14BrN3O2S/c1-15-13-6-5-12(9-16-13)20(18,19)17-8-10-3-2-4-11(14)7-10/h2-7,9,17H,8H2,1H3,(H,15,16). The molecule has 0 amide bonds. The van der Waals surface area contributed by atoms with Crippen LogP contribution in [0.2, 0.25) is 0 Å². The molecule has 0 fully saturated rings. The Labute approximate surface area is 126 Å². The topological polar surface area (TPSA) is 71.1 Å². The number of hydrogen-bond acceptors (Lipinski definition) is 4. The second-order valence-corrected chi connectivity index (χ2v) is 6.77. The molecule has 1 aromatic heterocycles. The maximum absolute atomic E-state index is 12.1. The Bertz CT molecular complexity index is 687. The Morgan fingerprint density at radius 1 is 1.25 bits per heavy atom. The first-order valence-corrected chi connectivity index (χ1v) is 8.17. The summed E-state index contributed by atoms with van der Waals surface area (Å²) in [5, 5.41) is 2.84. The van der Waals surface area contributed by atoms with Gasteiger partial charge in [0.1, 0.15) is 10.7 Å². The van der Waals surface area contributed by atoms with E-state index >= 15 is 0 Å². The summed E-state index contributed by atoms with van der Waals surface area (Å²) in [6.07, 6.45) is 1.33. The zero-order valence-corrected chi connectivity index (χ0v) is 13.2. The number of sulfonamides is 1. The molecular weight excluding hydrogens is 342 g/mol. The minimum Gasteiger partial charge on any atom is -0.373 e. The van der Waals surface area contributed by atoms with E-state index in [1.165, 1.54) is 12.3 Å². The fourth-order valence-corrected chi connectivity index (χ4v) is 3.00. The van der Waals surface area contributed by atoms with Crippen LogP contribution in [0.4, 0.5) is 5.82 Å². The van der Waals surface area contributed by atoms with Gasteiger partial charge in [0, 0.05) is 24.3 Å². The third kappa shape index (κ3) is 3.78. The highest BCUT2D eigenvalue weighted by Gasteiger charge is 2.14. The van der Waals surface area contributed by atoms with Crippen LogP contribution in [0.15, 0.2) is 52.0 Å². The minimum atomic E-state index is -3.55. The molecule has 2 aromatic rings. The number of benzene rings is 1. The van der Waals surface area contributed by atoms with Crippen molar-refractivity contribution in [2.45, 2.75) is 11.4 Å². The van der Waals surface area contributed by atoms with E-state index < -0.39 is 10.0 Å². The molecule has 1 aromatic carbocycles. The summed E-state index contributed by atoms with van der Waals surface area (Å²) in [5.74, 6) is 0.621. The van der Waals surface area contributed by atoms with Crippen molar-refractivity contribution in [2.24, 2.45) is 0 Å². The molecule has 0 aliphatic rings. The fraction of sp³-hybridized carbons (Fsp3) is 0.154. The lowest BCUT2D eigenvalue weighted by atomic mass is 10.2. The highest BCUT2D eigenvalue weighted by Crippen LogP contribution is 2.13. The molecule has 0 unspecified atom stereocenters. The maximum Gasteiger partial charge on any atom is 0.242 e. The van der Waals surface area contributed by atoms with Crippen LogP contribution in [0, 0.1) is 0 Å². The molecule has 2 N–H and O–H groups in total. The van der Waals surface area contributed by atoms with Crippen molar-refractivity contribution in [2.75, 3.05) is 12.4 Å². The van der Waals surface area contributed by atoms with Gasteiger partial charge in [0.25, 0.3) is 0 Å². The van der Waals surface area contributed by atoms with Crippen LogP contribution in [-0.2, 0) is 16.6 Å². The largest absolute Gasteiger partial charge is 0.373 e. The van der Waals surface area contributed by atoms with Crippen molar-refractivity contribution in [3.63, 3.8) is 0 Å². The van der Waals surface area contributed by atoms with Gasteiger partial charge in [0.05, 0.1) is 0 Å². The molecule has 0 aliphatic heterocycles. The molecule has 0 aliphatic carbocycles. The smallest absolute Gasteiger partial charge is 0.242 e. The van der Waals surface area contributed by atoms with Crippen LogP contribution in [0.5, 0.6) is 0 Å². The third-order valence-corrected chi connectivity index (χ3v) is 4.54. The summed E-state index contributed by atoms with van der Waals surface area (Å²) in [6.45, 7) is 0.232. The van der Waals surface area contributed by atoms with Crippen LogP contribution >= 0.6 is 15.9 Å². The molecule has 0 bridgehead atoms. The van der Waals surface area contributed by atoms with Gasteiger partial charge >= 0.3 is 0 Å². The summed E-state index contributed by atoms with van der Waals surface area (Å²) in [4.78, 5) is 4.14. The van der Waals surface area contributed by atoms with Crippen LogP contribution in [0.1, 0.15) is 5.56 Å². The second kappa shape index (κ2) is 6.34. The van der Waals surface area contributed by atoms with Gasteiger partial charge in [-0.05, 0) is 29.8 Å². The fourth-order valence-electron chi connectivity index (χ4n) is 1.60. The highest BCUT2D eigenvalue weighted by atomic mass is 79.9. The average molecular weight is 356 g/mol.